The Morgan fingerprint density at radius 1 is 1.36 bits per heavy atom. The van der Waals surface area contributed by atoms with Gasteiger partial charge in [-0.1, -0.05) is 43.7 Å². The first-order valence-corrected chi connectivity index (χ1v) is 13.8. The van der Waals surface area contributed by atoms with E-state index in [1.54, 1.807) is 22.6 Å². The summed E-state index contributed by atoms with van der Waals surface area (Å²) in [7, 11) is 0. The molecule has 2 unspecified atom stereocenters. The molecular formula is C28H37N5O6. The van der Waals surface area contributed by atoms with Crippen molar-refractivity contribution in [1.29, 1.82) is 0 Å². The minimum absolute atomic E-state index is 0.0858. The molecule has 210 valence electrons. The fraction of sp³-hybridized carbons (Fsp3) is 0.607. The molecule has 0 aliphatic carbocycles. The van der Waals surface area contributed by atoms with Crippen molar-refractivity contribution in [3.8, 4) is 0 Å². The smallest absolute Gasteiger partial charge is 0.312 e. The molecule has 2 amide bonds. The topological polar surface area (TPSA) is 127 Å². The Kier molecular flexibility index (Phi) is 7.47. The van der Waals surface area contributed by atoms with E-state index in [0.29, 0.717) is 24.8 Å². The van der Waals surface area contributed by atoms with Crippen LogP contribution in [-0.2, 0) is 30.5 Å². The summed E-state index contributed by atoms with van der Waals surface area (Å²) in [5.41, 5.74) is 0.288. The van der Waals surface area contributed by atoms with E-state index >= 15 is 0 Å². The molecular weight excluding hydrogens is 502 g/mol. The van der Waals surface area contributed by atoms with Crippen molar-refractivity contribution >= 4 is 28.8 Å². The van der Waals surface area contributed by atoms with Crippen molar-refractivity contribution in [2.75, 3.05) is 19.8 Å². The Labute approximate surface area is 227 Å². The zero-order valence-electron chi connectivity index (χ0n) is 22.7. The van der Waals surface area contributed by atoms with Crippen LogP contribution in [-0.4, -0.2) is 91.2 Å². The predicted molar refractivity (Wildman–Crippen MR) is 141 cm³/mol. The molecule has 1 spiro atoms. The summed E-state index contributed by atoms with van der Waals surface area (Å²) in [4.78, 5) is 44.9. The fourth-order valence-corrected chi connectivity index (χ4v) is 6.78. The monoisotopic (exact) mass is 539 g/mol. The number of esters is 1. The maximum absolute atomic E-state index is 14.6. The van der Waals surface area contributed by atoms with Crippen molar-refractivity contribution in [2.24, 2.45) is 17.8 Å². The SMILES string of the molecule is C=CCN(Cn1nnc2ccccc21)C(=O)C1N([C@@H](CO)[C@@H](C)CC)C(=O)[C@@H]2[C@@H](C(=O)OCC)[C@H]3CCC12O3. The molecule has 2 bridgehead atoms. The number of ether oxygens (including phenoxy) is 2. The van der Waals surface area contributed by atoms with E-state index in [0.717, 1.165) is 5.52 Å². The zero-order valence-corrected chi connectivity index (χ0v) is 22.7. The van der Waals surface area contributed by atoms with Gasteiger partial charge in [0.25, 0.3) is 0 Å². The highest BCUT2D eigenvalue weighted by Crippen LogP contribution is 2.59. The molecule has 5 rings (SSSR count). The van der Waals surface area contributed by atoms with Crippen LogP contribution in [0.5, 0.6) is 0 Å². The molecule has 1 aromatic carbocycles. The van der Waals surface area contributed by atoms with Gasteiger partial charge in [0.15, 0.2) is 0 Å². The molecule has 0 radical (unpaired) electrons. The molecule has 7 atom stereocenters. The Morgan fingerprint density at radius 2 is 2.13 bits per heavy atom. The number of aliphatic hydroxyl groups is 1. The van der Waals surface area contributed by atoms with Crippen molar-refractivity contribution in [1.82, 2.24) is 24.8 Å². The molecule has 1 aromatic heterocycles. The fourth-order valence-electron chi connectivity index (χ4n) is 6.78. The number of amides is 2. The lowest BCUT2D eigenvalue weighted by molar-refractivity contribution is -0.157. The Balaban J connectivity index is 1.57. The lowest BCUT2D eigenvalue weighted by Gasteiger charge is -2.40. The molecule has 3 aliphatic rings. The van der Waals surface area contributed by atoms with Crippen LogP contribution in [0, 0.1) is 17.8 Å². The van der Waals surface area contributed by atoms with Crippen molar-refractivity contribution < 1.29 is 29.0 Å². The first kappa shape index (κ1) is 27.3. The van der Waals surface area contributed by atoms with E-state index in [2.05, 4.69) is 16.9 Å². The molecule has 2 aromatic rings. The van der Waals surface area contributed by atoms with E-state index < -0.39 is 41.6 Å². The Hall–Kier alpha value is -3.31. The van der Waals surface area contributed by atoms with Crippen LogP contribution in [0.3, 0.4) is 0 Å². The van der Waals surface area contributed by atoms with Gasteiger partial charge < -0.3 is 24.4 Å². The van der Waals surface area contributed by atoms with Gasteiger partial charge in [-0.05, 0) is 37.8 Å². The van der Waals surface area contributed by atoms with Crippen LogP contribution in [0.15, 0.2) is 36.9 Å². The number of fused-ring (bicyclic) bond motifs is 2. The molecule has 11 heteroatoms. The van der Waals surface area contributed by atoms with Gasteiger partial charge in [0.1, 0.15) is 23.8 Å². The first-order chi connectivity index (χ1) is 18.8. The maximum atomic E-state index is 14.6. The van der Waals surface area contributed by atoms with Crippen LogP contribution in [0.4, 0.5) is 0 Å². The number of carbonyl (C=O) groups is 3. The predicted octanol–water partition coefficient (Wildman–Crippen LogP) is 1.75. The second-order valence-corrected chi connectivity index (χ2v) is 10.8. The van der Waals surface area contributed by atoms with Crippen LogP contribution in [0.2, 0.25) is 0 Å². The molecule has 11 nitrogen and oxygen atoms in total. The number of hydrogen-bond acceptors (Lipinski definition) is 8. The zero-order chi connectivity index (χ0) is 27.9. The van der Waals surface area contributed by atoms with E-state index in [1.165, 1.54) is 4.90 Å². The minimum atomic E-state index is -1.18. The third-order valence-corrected chi connectivity index (χ3v) is 8.76. The van der Waals surface area contributed by atoms with Gasteiger partial charge in [0.2, 0.25) is 11.8 Å². The Bertz CT molecular complexity index is 1260. The van der Waals surface area contributed by atoms with Gasteiger partial charge in [0, 0.05) is 6.54 Å². The number of carbonyl (C=O) groups excluding carboxylic acids is 3. The standard InChI is InChI=1S/C28H37N5O6/c1-5-14-31(16-32-19-11-9-8-10-18(19)29-30-32)26(36)24-28-13-12-21(39-28)22(27(37)38-7-3)23(28)25(35)33(24)20(15-34)17(4)6-2/h5,8-11,17,20-24,34H,1,6-7,12-16H2,2-4H3/t17-,20-,21+,22-,23-,24?,28?/m0/s1. The molecule has 4 heterocycles. The summed E-state index contributed by atoms with van der Waals surface area (Å²) in [6.45, 7) is 9.66. The summed E-state index contributed by atoms with van der Waals surface area (Å²) in [6.07, 6.45) is 2.84. The van der Waals surface area contributed by atoms with Crippen molar-refractivity contribution in [2.45, 2.75) is 70.5 Å². The number of likely N-dealkylation sites (tertiary alicyclic amines) is 1. The average molecular weight is 540 g/mol. The lowest BCUT2D eigenvalue weighted by atomic mass is 9.70. The van der Waals surface area contributed by atoms with E-state index in [1.807, 2.05) is 38.1 Å². The number of hydrogen-bond donors (Lipinski definition) is 1. The maximum Gasteiger partial charge on any atom is 0.312 e. The summed E-state index contributed by atoms with van der Waals surface area (Å²) < 4.78 is 13.5. The van der Waals surface area contributed by atoms with Gasteiger partial charge in [-0.3, -0.25) is 14.4 Å². The van der Waals surface area contributed by atoms with Crippen molar-refractivity contribution in [3.63, 3.8) is 0 Å². The van der Waals surface area contributed by atoms with Gasteiger partial charge >= 0.3 is 5.97 Å². The second kappa shape index (κ2) is 10.7. The van der Waals surface area contributed by atoms with Gasteiger partial charge in [-0.15, -0.1) is 11.7 Å². The normalized spacial score (nSPS) is 28.9. The highest BCUT2D eigenvalue weighted by atomic mass is 16.6. The first-order valence-electron chi connectivity index (χ1n) is 13.8. The van der Waals surface area contributed by atoms with E-state index in [-0.39, 0.29) is 44.2 Å². The second-order valence-electron chi connectivity index (χ2n) is 10.8. The number of aromatic nitrogens is 3. The highest BCUT2D eigenvalue weighted by Gasteiger charge is 2.75. The van der Waals surface area contributed by atoms with Crippen molar-refractivity contribution in [3.05, 3.63) is 36.9 Å². The summed E-state index contributed by atoms with van der Waals surface area (Å²) in [5.74, 6) is -2.86. The van der Waals surface area contributed by atoms with Gasteiger partial charge in [-0.25, -0.2) is 4.68 Å². The number of nitrogens with zero attached hydrogens (tertiary/aromatic N) is 5. The van der Waals surface area contributed by atoms with Crippen LogP contribution < -0.4 is 0 Å². The highest BCUT2D eigenvalue weighted by molar-refractivity contribution is 5.98. The summed E-state index contributed by atoms with van der Waals surface area (Å²) in [5, 5.41) is 18.9. The van der Waals surface area contributed by atoms with Gasteiger partial charge in [0.05, 0.1) is 42.7 Å². The minimum Gasteiger partial charge on any atom is -0.466 e. The number of aliphatic hydroxyl groups excluding tert-OH is 1. The number of para-hydroxylation sites is 1. The quantitative estimate of drug-likeness (QED) is 0.338. The van der Waals surface area contributed by atoms with Gasteiger partial charge in [-0.2, -0.15) is 0 Å². The molecule has 3 fully saturated rings. The van der Waals surface area contributed by atoms with Crippen LogP contribution in [0.25, 0.3) is 11.0 Å². The molecule has 0 saturated carbocycles. The third-order valence-electron chi connectivity index (χ3n) is 8.76. The third kappa shape index (κ3) is 4.22. The Morgan fingerprint density at radius 3 is 2.82 bits per heavy atom. The summed E-state index contributed by atoms with van der Waals surface area (Å²) >= 11 is 0. The molecule has 39 heavy (non-hydrogen) atoms. The van der Waals surface area contributed by atoms with E-state index in [4.69, 9.17) is 9.47 Å². The summed E-state index contributed by atoms with van der Waals surface area (Å²) in [6, 6.07) is 5.84. The van der Waals surface area contributed by atoms with E-state index in [9.17, 15) is 19.5 Å². The molecule has 3 saturated heterocycles. The lowest BCUT2D eigenvalue weighted by Crippen LogP contribution is -2.60. The van der Waals surface area contributed by atoms with Crippen LogP contribution >= 0.6 is 0 Å². The largest absolute Gasteiger partial charge is 0.466 e. The average Bonchev–Trinajstić information content (AvgIpc) is 3.68. The molecule has 3 aliphatic heterocycles. The number of rotatable bonds is 11. The molecule has 1 N–H and O–H groups in total. The van der Waals surface area contributed by atoms with Crippen LogP contribution in [0.1, 0.15) is 40.0 Å². The number of benzene rings is 1.